The van der Waals surface area contributed by atoms with Crippen LogP contribution in [0, 0.1) is 6.42 Å². The summed E-state index contributed by atoms with van der Waals surface area (Å²) in [5.41, 5.74) is 5.72. The van der Waals surface area contributed by atoms with E-state index in [9.17, 15) is 22.8 Å². The van der Waals surface area contributed by atoms with E-state index >= 15 is 0 Å². The van der Waals surface area contributed by atoms with Crippen molar-refractivity contribution in [2.24, 2.45) is 5.73 Å². The standard InChI is InChI=1S/C18H21N4O6S/c1-2-15-21-18(28-22-15)17(25)13(10-14(19)23)20-16(24)8-9-29(26,27)11-12-6-4-3-5-7-12/h3-8,13H,2,9-11H2,1H3,(H2,19,23)(H,20,24). The number of carbonyl (C=O) groups is 3. The van der Waals surface area contributed by atoms with Gasteiger partial charge in [0.05, 0.1) is 24.3 Å². The molecular weight excluding hydrogens is 400 g/mol. The van der Waals surface area contributed by atoms with Gasteiger partial charge in [-0.25, -0.2) is 8.42 Å². The number of nitrogens with zero attached hydrogens (tertiary/aromatic N) is 2. The van der Waals surface area contributed by atoms with Crippen molar-refractivity contribution in [1.82, 2.24) is 15.5 Å². The molecule has 0 aliphatic carbocycles. The van der Waals surface area contributed by atoms with Gasteiger partial charge in [-0.2, -0.15) is 4.98 Å². The molecular formula is C18H21N4O6S. The zero-order valence-corrected chi connectivity index (χ0v) is 16.5. The highest BCUT2D eigenvalue weighted by atomic mass is 32.2. The van der Waals surface area contributed by atoms with Crippen LogP contribution in [0.4, 0.5) is 0 Å². The molecule has 1 aromatic heterocycles. The minimum atomic E-state index is -3.59. The van der Waals surface area contributed by atoms with Crippen molar-refractivity contribution in [3.05, 3.63) is 54.0 Å². The Balaban J connectivity index is 1.98. The number of nitrogens with two attached hydrogens (primary N) is 1. The molecule has 10 nitrogen and oxygen atoms in total. The molecule has 2 aromatic rings. The molecule has 0 saturated heterocycles. The summed E-state index contributed by atoms with van der Waals surface area (Å²) in [6, 6.07) is 7.16. The Hall–Kier alpha value is -3.08. The molecule has 3 N–H and O–H groups in total. The Morgan fingerprint density at radius 1 is 1.24 bits per heavy atom. The maximum Gasteiger partial charge on any atom is 0.296 e. The third kappa shape index (κ3) is 7.11. The number of nitrogens with one attached hydrogen (secondary N) is 1. The van der Waals surface area contributed by atoms with Gasteiger partial charge in [-0.15, -0.1) is 0 Å². The van der Waals surface area contributed by atoms with Crippen LogP contribution in [-0.2, 0) is 31.6 Å². The van der Waals surface area contributed by atoms with Crippen molar-refractivity contribution in [2.75, 3.05) is 5.75 Å². The first-order valence-corrected chi connectivity index (χ1v) is 10.6. The van der Waals surface area contributed by atoms with Crippen LogP contribution < -0.4 is 11.1 Å². The number of hydrogen-bond donors (Lipinski definition) is 2. The fraction of sp³-hybridized carbons (Fsp3) is 0.333. The van der Waals surface area contributed by atoms with Crippen molar-refractivity contribution >= 4 is 27.4 Å². The van der Waals surface area contributed by atoms with E-state index in [0.29, 0.717) is 12.0 Å². The van der Waals surface area contributed by atoms with Crippen molar-refractivity contribution < 1.29 is 27.3 Å². The maximum atomic E-state index is 12.4. The molecule has 0 spiro atoms. The Morgan fingerprint density at radius 2 is 1.93 bits per heavy atom. The van der Waals surface area contributed by atoms with Gasteiger partial charge in [-0.1, -0.05) is 42.4 Å². The van der Waals surface area contributed by atoms with Gasteiger partial charge >= 0.3 is 0 Å². The lowest BCUT2D eigenvalue weighted by Gasteiger charge is -2.14. The average molecular weight is 421 g/mol. The van der Waals surface area contributed by atoms with Gasteiger partial charge in [0, 0.05) is 6.42 Å². The lowest BCUT2D eigenvalue weighted by Crippen LogP contribution is -2.44. The number of hydrogen-bond acceptors (Lipinski definition) is 8. The first kappa shape index (κ1) is 22.2. The molecule has 29 heavy (non-hydrogen) atoms. The summed E-state index contributed by atoms with van der Waals surface area (Å²) in [5.74, 6) is -3.31. The number of rotatable bonds is 11. The van der Waals surface area contributed by atoms with Crippen LogP contribution in [0.1, 0.15) is 35.4 Å². The van der Waals surface area contributed by atoms with Gasteiger partial charge < -0.3 is 15.6 Å². The number of ketones is 1. The number of amides is 2. The molecule has 0 aliphatic rings. The summed E-state index contributed by atoms with van der Waals surface area (Å²) < 4.78 is 29.2. The second kappa shape index (κ2) is 9.92. The summed E-state index contributed by atoms with van der Waals surface area (Å²) in [7, 11) is -3.59. The van der Waals surface area contributed by atoms with E-state index in [4.69, 9.17) is 10.3 Å². The van der Waals surface area contributed by atoms with Crippen LogP contribution in [0.2, 0.25) is 0 Å². The topological polar surface area (TPSA) is 162 Å². The van der Waals surface area contributed by atoms with E-state index in [1.165, 1.54) is 0 Å². The van der Waals surface area contributed by atoms with Crippen LogP contribution >= 0.6 is 0 Å². The van der Waals surface area contributed by atoms with Gasteiger partial charge in [0.15, 0.2) is 15.7 Å². The summed E-state index contributed by atoms with van der Waals surface area (Å²) in [5, 5.41) is 5.86. The second-order valence-corrected chi connectivity index (χ2v) is 8.32. The van der Waals surface area contributed by atoms with E-state index in [1.54, 1.807) is 37.3 Å². The minimum absolute atomic E-state index is 0.233. The highest BCUT2D eigenvalue weighted by molar-refractivity contribution is 7.90. The molecule has 1 aromatic carbocycles. The van der Waals surface area contributed by atoms with Crippen LogP contribution in [0.5, 0.6) is 0 Å². The minimum Gasteiger partial charge on any atom is -0.370 e. The molecule has 1 atom stereocenters. The summed E-state index contributed by atoms with van der Waals surface area (Å²) >= 11 is 0. The monoisotopic (exact) mass is 421 g/mol. The van der Waals surface area contributed by atoms with Crippen molar-refractivity contribution in [3.63, 3.8) is 0 Å². The summed E-state index contributed by atoms with van der Waals surface area (Å²) in [6.07, 6.45) is 0.820. The summed E-state index contributed by atoms with van der Waals surface area (Å²) in [6.45, 7) is 1.76. The Kier molecular flexibility index (Phi) is 7.59. The lowest BCUT2D eigenvalue weighted by molar-refractivity contribution is -0.119. The van der Waals surface area contributed by atoms with Crippen molar-refractivity contribution in [2.45, 2.75) is 31.6 Å². The number of aryl methyl sites for hydroxylation is 1. The molecule has 155 valence electrons. The molecule has 0 saturated carbocycles. The largest absolute Gasteiger partial charge is 0.370 e. The summed E-state index contributed by atoms with van der Waals surface area (Å²) in [4.78, 5) is 39.7. The molecule has 0 aliphatic heterocycles. The molecule has 1 unspecified atom stereocenters. The highest BCUT2D eigenvalue weighted by Gasteiger charge is 2.29. The van der Waals surface area contributed by atoms with Crippen LogP contribution in [-0.4, -0.2) is 48.0 Å². The quantitative estimate of drug-likeness (QED) is 0.479. The number of Topliss-reactive ketones (excluding diaryl/α,β-unsaturated/α-hetero) is 1. The van der Waals surface area contributed by atoms with E-state index in [1.807, 2.05) is 0 Å². The van der Waals surface area contributed by atoms with Crippen molar-refractivity contribution in [1.29, 1.82) is 0 Å². The van der Waals surface area contributed by atoms with Crippen LogP contribution in [0.15, 0.2) is 34.9 Å². The van der Waals surface area contributed by atoms with Gasteiger partial charge in [0.25, 0.3) is 5.89 Å². The number of primary amides is 1. The number of sulfone groups is 1. The van der Waals surface area contributed by atoms with Crippen LogP contribution in [0.3, 0.4) is 0 Å². The first-order chi connectivity index (χ1) is 13.7. The zero-order chi connectivity index (χ0) is 21.4. The third-order valence-corrected chi connectivity index (χ3v) is 5.23. The Bertz CT molecular complexity index is 971. The molecule has 2 amide bonds. The second-order valence-electron chi connectivity index (χ2n) is 6.21. The predicted molar refractivity (Wildman–Crippen MR) is 102 cm³/mol. The van der Waals surface area contributed by atoms with Gasteiger partial charge in [-0.05, 0) is 5.56 Å². The molecule has 11 heteroatoms. The molecule has 0 bridgehead atoms. The number of aromatic nitrogens is 2. The van der Waals surface area contributed by atoms with Gasteiger partial charge in [-0.3, -0.25) is 14.4 Å². The predicted octanol–water partition coefficient (Wildman–Crippen LogP) is -0.00581. The normalized spacial score (nSPS) is 12.3. The maximum absolute atomic E-state index is 12.4. The van der Waals surface area contributed by atoms with Crippen molar-refractivity contribution in [3.8, 4) is 0 Å². The van der Waals surface area contributed by atoms with Crippen LogP contribution in [0.25, 0.3) is 0 Å². The van der Waals surface area contributed by atoms with Gasteiger partial charge in [0.1, 0.15) is 6.04 Å². The fourth-order valence-corrected chi connectivity index (χ4v) is 3.60. The van der Waals surface area contributed by atoms with E-state index in [-0.39, 0.29) is 17.5 Å². The third-order valence-electron chi connectivity index (χ3n) is 3.79. The van der Waals surface area contributed by atoms with E-state index in [0.717, 1.165) is 6.42 Å². The fourth-order valence-electron chi connectivity index (χ4n) is 2.38. The van der Waals surface area contributed by atoms with Gasteiger partial charge in [0.2, 0.25) is 17.6 Å². The molecule has 0 fully saturated rings. The number of carbonyl (C=O) groups excluding carboxylic acids is 3. The SMILES string of the molecule is CCc1noc(C(=O)C(CC(N)=O)NC(=O)[CH]CS(=O)(=O)Cc2ccccc2)n1. The number of benzene rings is 1. The highest BCUT2D eigenvalue weighted by Crippen LogP contribution is 2.08. The molecule has 1 heterocycles. The lowest BCUT2D eigenvalue weighted by atomic mass is 10.1. The molecule has 1 radical (unpaired) electrons. The first-order valence-electron chi connectivity index (χ1n) is 8.73. The zero-order valence-electron chi connectivity index (χ0n) is 15.7. The van der Waals surface area contributed by atoms with E-state index in [2.05, 4.69) is 15.5 Å². The Morgan fingerprint density at radius 3 is 2.52 bits per heavy atom. The Labute approximate surface area is 167 Å². The smallest absolute Gasteiger partial charge is 0.296 e. The molecule has 2 rings (SSSR count). The average Bonchev–Trinajstić information content (AvgIpc) is 3.15. The van der Waals surface area contributed by atoms with E-state index < -0.39 is 45.7 Å².